The summed E-state index contributed by atoms with van der Waals surface area (Å²) in [4.78, 5) is 13.2. The molecule has 1 heterocycles. The van der Waals surface area contributed by atoms with E-state index in [4.69, 9.17) is 9.47 Å². The predicted molar refractivity (Wildman–Crippen MR) is 279 cm³/mol. The lowest BCUT2D eigenvalue weighted by Crippen LogP contribution is -2.60. The summed E-state index contributed by atoms with van der Waals surface area (Å²) in [5, 5.41) is 76.1. The van der Waals surface area contributed by atoms with E-state index in [0.717, 1.165) is 44.9 Å². The number of unbranched alkanes of at least 4 members (excludes halogenated alkanes) is 36. The molecule has 1 amide bonds. The number of ether oxygens (including phenoxy) is 2. The molecule has 0 spiro atoms. The topological polar surface area (TPSA) is 189 Å². The van der Waals surface area contributed by atoms with Gasteiger partial charge in [0, 0.05) is 0 Å². The minimum atomic E-state index is -1.66. The largest absolute Gasteiger partial charge is 0.394 e. The fourth-order valence-corrected chi connectivity index (χ4v) is 9.56. The molecule has 0 aromatic rings. The maximum absolute atomic E-state index is 13.2. The highest BCUT2D eigenvalue weighted by atomic mass is 16.7. The van der Waals surface area contributed by atoms with Gasteiger partial charge in [0.2, 0.25) is 5.91 Å². The maximum Gasteiger partial charge on any atom is 0.249 e. The highest BCUT2D eigenvalue weighted by Gasteiger charge is 2.44. The second kappa shape index (κ2) is 46.9. The van der Waals surface area contributed by atoms with Gasteiger partial charge in [-0.2, -0.15) is 0 Å². The highest BCUT2D eigenvalue weighted by Crippen LogP contribution is 2.23. The van der Waals surface area contributed by atoms with Crippen molar-refractivity contribution >= 4 is 5.91 Å². The molecule has 9 unspecified atom stereocenters. The minimum absolute atomic E-state index is 0.258. The van der Waals surface area contributed by atoms with E-state index in [0.29, 0.717) is 19.3 Å². The van der Waals surface area contributed by atoms with Gasteiger partial charge in [-0.3, -0.25) is 4.79 Å². The van der Waals surface area contributed by atoms with Crippen LogP contribution in [0.2, 0.25) is 0 Å². The van der Waals surface area contributed by atoms with Crippen LogP contribution in [0.5, 0.6) is 0 Å². The molecule has 1 saturated heterocycles. The number of hydrogen-bond donors (Lipinski definition) is 8. The van der Waals surface area contributed by atoms with E-state index in [1.807, 2.05) is 0 Å². The highest BCUT2D eigenvalue weighted by molar-refractivity contribution is 5.80. The van der Waals surface area contributed by atoms with E-state index >= 15 is 0 Å². The van der Waals surface area contributed by atoms with Crippen LogP contribution in [0.4, 0.5) is 0 Å². The second-order valence-corrected chi connectivity index (χ2v) is 20.7. The quantitative estimate of drug-likeness (QED) is 0.0215. The first-order valence-electron chi connectivity index (χ1n) is 29.1. The number of carbonyl (C=O) groups is 1. The third-order valence-electron chi connectivity index (χ3n) is 14.3. The van der Waals surface area contributed by atoms with Crippen molar-refractivity contribution in [2.24, 2.45) is 0 Å². The van der Waals surface area contributed by atoms with Gasteiger partial charge >= 0.3 is 0 Å². The molecule has 1 aliphatic rings. The van der Waals surface area contributed by atoms with Crippen molar-refractivity contribution in [2.75, 3.05) is 13.2 Å². The van der Waals surface area contributed by atoms with Crippen molar-refractivity contribution in [3.8, 4) is 0 Å². The molecule has 0 bridgehead atoms. The van der Waals surface area contributed by atoms with Gasteiger partial charge < -0.3 is 50.5 Å². The van der Waals surface area contributed by atoms with Gasteiger partial charge in [0.1, 0.15) is 36.6 Å². The molecule has 8 N–H and O–H groups in total. The zero-order valence-corrected chi connectivity index (χ0v) is 44.1. The molecule has 68 heavy (non-hydrogen) atoms. The summed E-state index contributed by atoms with van der Waals surface area (Å²) in [6, 6.07) is -1.17. The number of carbonyl (C=O) groups excluding carboxylic acids is 1. The smallest absolute Gasteiger partial charge is 0.249 e. The molecule has 1 rings (SSSR count). The molecule has 0 aromatic heterocycles. The van der Waals surface area contributed by atoms with Gasteiger partial charge in [0.25, 0.3) is 0 Å². The van der Waals surface area contributed by atoms with E-state index < -0.39 is 74.2 Å². The molecule has 9 atom stereocenters. The molecule has 1 fully saturated rings. The fourth-order valence-electron chi connectivity index (χ4n) is 9.56. The molecule has 1 aliphatic heterocycles. The lowest BCUT2D eigenvalue weighted by Gasteiger charge is -2.40. The Labute approximate surface area is 417 Å². The summed E-state index contributed by atoms with van der Waals surface area (Å²) in [6.07, 6.45) is 42.6. The average molecular weight is 971 g/mol. The van der Waals surface area contributed by atoms with Gasteiger partial charge in [-0.25, -0.2) is 0 Å². The Morgan fingerprint density at radius 3 is 1.24 bits per heavy atom. The monoisotopic (exact) mass is 970 g/mol. The van der Waals surface area contributed by atoms with E-state index in [9.17, 15) is 40.5 Å². The number of aliphatic hydroxyl groups is 7. The van der Waals surface area contributed by atoms with Gasteiger partial charge in [-0.15, -0.1) is 0 Å². The normalized spacial score (nSPS) is 20.5. The Morgan fingerprint density at radius 1 is 0.500 bits per heavy atom. The summed E-state index contributed by atoms with van der Waals surface area (Å²) >= 11 is 0. The summed E-state index contributed by atoms with van der Waals surface area (Å²) in [5.41, 5.74) is 0. The Balaban J connectivity index is 2.31. The predicted octanol–water partition coefficient (Wildman–Crippen LogP) is 12.0. The van der Waals surface area contributed by atoms with Crippen molar-refractivity contribution in [3.63, 3.8) is 0 Å². The second-order valence-electron chi connectivity index (χ2n) is 20.7. The third kappa shape index (κ3) is 35.1. The van der Waals surface area contributed by atoms with Crippen LogP contribution in [-0.4, -0.2) is 110 Å². The molecule has 404 valence electrons. The van der Waals surface area contributed by atoms with Crippen LogP contribution in [0.1, 0.15) is 277 Å². The Hall–Kier alpha value is -1.15. The lowest BCUT2D eigenvalue weighted by molar-refractivity contribution is -0.303. The number of amides is 1. The number of rotatable bonds is 50. The average Bonchev–Trinajstić information content (AvgIpc) is 3.34. The van der Waals surface area contributed by atoms with E-state index in [1.165, 1.54) is 193 Å². The van der Waals surface area contributed by atoms with Gasteiger partial charge in [-0.05, 0) is 38.5 Å². The fraction of sp³-hybridized carbons (Fsp3) is 0.947. The summed E-state index contributed by atoms with van der Waals surface area (Å²) < 4.78 is 11.1. The van der Waals surface area contributed by atoms with Crippen molar-refractivity contribution in [1.82, 2.24) is 5.32 Å². The summed E-state index contributed by atoms with van der Waals surface area (Å²) in [6.45, 7) is 3.49. The van der Waals surface area contributed by atoms with Crippen LogP contribution in [0.15, 0.2) is 12.2 Å². The Morgan fingerprint density at radius 2 is 0.853 bits per heavy atom. The molecular formula is C57H111NO10. The molecule has 0 aromatic carbocycles. The van der Waals surface area contributed by atoms with Crippen LogP contribution in [-0.2, 0) is 14.3 Å². The zero-order valence-electron chi connectivity index (χ0n) is 44.1. The van der Waals surface area contributed by atoms with Gasteiger partial charge in [0.15, 0.2) is 6.29 Å². The lowest BCUT2D eigenvalue weighted by atomic mass is 9.98. The Bertz CT molecular complexity index is 1110. The van der Waals surface area contributed by atoms with E-state index in [-0.39, 0.29) is 6.42 Å². The molecule has 11 nitrogen and oxygen atoms in total. The standard InChI is InChI=1S/C57H111NO10/c1-3-5-7-9-11-13-15-17-19-21-23-24-25-26-27-29-31-33-35-37-39-41-43-45-50(61)56(66)58-48(47-67-57-55(65)54(64)53(63)51(46-59)68-57)52(62)49(60)44-42-40-38-36-34-32-30-28-22-20-18-16-14-12-10-8-6-4-2/h26-27,48-55,57,59-65H,3-25,28-47H2,1-2H3,(H,58,66)/b27-26-. The van der Waals surface area contributed by atoms with Gasteiger partial charge in [-0.1, -0.05) is 251 Å². The van der Waals surface area contributed by atoms with Crippen LogP contribution < -0.4 is 5.32 Å². The first-order chi connectivity index (χ1) is 33.2. The van der Waals surface area contributed by atoms with E-state index in [1.54, 1.807) is 0 Å². The van der Waals surface area contributed by atoms with Crippen LogP contribution >= 0.6 is 0 Å². The number of hydrogen-bond acceptors (Lipinski definition) is 10. The zero-order chi connectivity index (χ0) is 49.7. The Kier molecular flexibility index (Phi) is 44.7. The van der Waals surface area contributed by atoms with Crippen LogP contribution in [0.3, 0.4) is 0 Å². The van der Waals surface area contributed by atoms with Crippen molar-refractivity contribution in [3.05, 3.63) is 12.2 Å². The van der Waals surface area contributed by atoms with Crippen molar-refractivity contribution < 1.29 is 50.0 Å². The molecular weight excluding hydrogens is 859 g/mol. The number of nitrogens with one attached hydrogen (secondary N) is 1. The molecule has 0 aliphatic carbocycles. The third-order valence-corrected chi connectivity index (χ3v) is 14.3. The molecule has 0 saturated carbocycles. The maximum atomic E-state index is 13.2. The SMILES string of the molecule is CCCCCCCCCCCCCC/C=C\CCCCCCCCCC(O)C(=O)NC(COC1OC(CO)C(O)C(O)C1O)C(O)C(O)CCCCCCCCCCCCCCCCCCCC. The van der Waals surface area contributed by atoms with Crippen molar-refractivity contribution in [1.29, 1.82) is 0 Å². The van der Waals surface area contributed by atoms with Crippen LogP contribution in [0, 0.1) is 0 Å². The molecule has 0 radical (unpaired) electrons. The van der Waals surface area contributed by atoms with E-state index in [2.05, 4.69) is 31.3 Å². The summed E-state index contributed by atoms with van der Waals surface area (Å²) in [5.74, 6) is -0.696. The number of allylic oxidation sites excluding steroid dienone is 2. The van der Waals surface area contributed by atoms with Gasteiger partial charge in [0.05, 0.1) is 25.4 Å². The van der Waals surface area contributed by atoms with Crippen LogP contribution in [0.25, 0.3) is 0 Å². The molecule has 11 heteroatoms. The summed E-state index contributed by atoms with van der Waals surface area (Å²) in [7, 11) is 0. The minimum Gasteiger partial charge on any atom is -0.394 e. The number of aliphatic hydroxyl groups excluding tert-OH is 7. The first-order valence-corrected chi connectivity index (χ1v) is 29.1. The first kappa shape index (κ1) is 64.9. The van der Waals surface area contributed by atoms with Crippen molar-refractivity contribution in [2.45, 2.75) is 332 Å².